The lowest BCUT2D eigenvalue weighted by atomic mass is 9.86. The molecule has 3 atom stereocenters. The summed E-state index contributed by atoms with van der Waals surface area (Å²) in [6.45, 7) is 0. The van der Waals surface area contributed by atoms with E-state index in [1.54, 1.807) is 0 Å². The van der Waals surface area contributed by atoms with Crippen LogP contribution in [0.25, 0.3) is 0 Å². The van der Waals surface area contributed by atoms with E-state index in [1.165, 1.54) is 0 Å². The van der Waals surface area contributed by atoms with Crippen LogP contribution in [0.3, 0.4) is 0 Å². The van der Waals surface area contributed by atoms with Crippen LogP contribution in [0.5, 0.6) is 0 Å². The van der Waals surface area contributed by atoms with Crippen molar-refractivity contribution in [1.82, 2.24) is 0 Å². The van der Waals surface area contributed by atoms with Crippen molar-refractivity contribution in [2.24, 2.45) is 0 Å². The van der Waals surface area contributed by atoms with Gasteiger partial charge in [0.2, 0.25) is 5.85 Å². The molecule has 0 aliphatic heterocycles. The van der Waals surface area contributed by atoms with Gasteiger partial charge in [0, 0.05) is 0 Å². The molecule has 1 aliphatic rings. The Labute approximate surface area is 79.3 Å². The third kappa shape index (κ3) is 3.09. The molecular weight excluding hydrogens is 190 g/mol. The summed E-state index contributed by atoms with van der Waals surface area (Å²) >= 11 is 0. The van der Waals surface area contributed by atoms with E-state index < -0.39 is 20.3 Å². The lowest BCUT2D eigenvalue weighted by Gasteiger charge is -2.13. The van der Waals surface area contributed by atoms with Crippen molar-refractivity contribution in [3.8, 4) is 0 Å². The van der Waals surface area contributed by atoms with Crippen molar-refractivity contribution in [3.63, 3.8) is 0 Å². The van der Waals surface area contributed by atoms with Crippen LogP contribution >= 0.6 is 8.46 Å². The van der Waals surface area contributed by atoms with Gasteiger partial charge in [0.05, 0.1) is 6.10 Å². The molecule has 0 spiro atoms. The molecular formula is C7H12BO4P. The first-order valence-corrected chi connectivity index (χ1v) is 5.22. The predicted octanol–water partition coefficient (Wildman–Crippen LogP) is 0.679. The monoisotopic (exact) mass is 202 g/mol. The topological polar surface area (TPSA) is 63.6 Å². The fourth-order valence-corrected chi connectivity index (χ4v) is 1.90. The highest BCUT2D eigenvalue weighted by atomic mass is 31.1. The fraction of sp³-hybridized carbons (Fsp3) is 0.857. The predicted molar refractivity (Wildman–Crippen MR) is 50.0 cm³/mol. The molecule has 0 radical (unpaired) electrons. The zero-order valence-corrected chi connectivity index (χ0v) is 8.37. The summed E-state index contributed by atoms with van der Waals surface area (Å²) in [5.74, 6) is -1.76. The quantitative estimate of drug-likeness (QED) is 0.537. The number of carboxylic acid groups (broad SMARTS) is 1. The molecule has 3 unspecified atom stereocenters. The molecule has 0 aromatic heterocycles. The number of hydrogen-bond acceptors (Lipinski definition) is 3. The molecule has 0 saturated heterocycles. The van der Waals surface area contributed by atoms with E-state index in [9.17, 15) is 9.36 Å². The Kier molecular flexibility index (Phi) is 3.88. The second kappa shape index (κ2) is 4.73. The summed E-state index contributed by atoms with van der Waals surface area (Å²) < 4.78 is 15.6. The first-order chi connectivity index (χ1) is 6.13. The zero-order chi connectivity index (χ0) is 9.84. The molecule has 6 heteroatoms. The van der Waals surface area contributed by atoms with Gasteiger partial charge in [0.15, 0.2) is 8.46 Å². The highest BCUT2D eigenvalue weighted by molar-refractivity contribution is 7.26. The van der Waals surface area contributed by atoms with Gasteiger partial charge in [0.1, 0.15) is 7.85 Å². The lowest BCUT2D eigenvalue weighted by molar-refractivity contribution is -0.147. The van der Waals surface area contributed by atoms with Crippen LogP contribution in [0, 0.1) is 0 Å². The number of hydrogen-bond donors (Lipinski definition) is 1. The van der Waals surface area contributed by atoms with Gasteiger partial charge in [0.25, 0.3) is 0 Å². The Bertz CT molecular complexity index is 211. The van der Waals surface area contributed by atoms with Crippen LogP contribution < -0.4 is 0 Å². The Balaban J connectivity index is 2.38. The molecule has 0 aromatic rings. The van der Waals surface area contributed by atoms with Gasteiger partial charge >= 0.3 is 5.97 Å². The van der Waals surface area contributed by atoms with E-state index >= 15 is 0 Å². The van der Waals surface area contributed by atoms with Crippen molar-refractivity contribution >= 4 is 22.3 Å². The Morgan fingerprint density at radius 3 is 2.69 bits per heavy atom. The Hall–Kier alpha value is -0.405. The third-order valence-corrected chi connectivity index (χ3v) is 2.81. The average Bonchev–Trinajstić information content (AvgIpc) is 2.46. The van der Waals surface area contributed by atoms with Crippen molar-refractivity contribution in [1.29, 1.82) is 0 Å². The molecule has 0 amide bonds. The van der Waals surface area contributed by atoms with Crippen molar-refractivity contribution < 1.29 is 19.2 Å². The molecule has 1 saturated carbocycles. The summed E-state index contributed by atoms with van der Waals surface area (Å²) in [5.41, 5.74) is 0. The largest absolute Gasteiger partial charge is 0.479 e. The van der Waals surface area contributed by atoms with Crippen LogP contribution in [0.15, 0.2) is 0 Å². The average molecular weight is 202 g/mol. The fourth-order valence-electron chi connectivity index (χ4n) is 1.59. The molecule has 1 N–H and O–H groups in total. The van der Waals surface area contributed by atoms with E-state index in [1.807, 2.05) is 0 Å². The maximum atomic E-state index is 10.5. The van der Waals surface area contributed by atoms with Crippen LogP contribution in [-0.2, 0) is 14.1 Å². The Morgan fingerprint density at radius 2 is 2.31 bits per heavy atom. The van der Waals surface area contributed by atoms with Gasteiger partial charge in [-0.25, -0.2) is 4.79 Å². The molecule has 13 heavy (non-hydrogen) atoms. The summed E-state index contributed by atoms with van der Waals surface area (Å²) in [4.78, 5) is 10.5. The highest BCUT2D eigenvalue weighted by Gasteiger charge is 2.28. The van der Waals surface area contributed by atoms with Crippen LogP contribution in [0.4, 0.5) is 0 Å². The second-order valence-electron chi connectivity index (χ2n) is 3.47. The maximum Gasteiger partial charge on any atom is 0.345 e. The van der Waals surface area contributed by atoms with Crippen molar-refractivity contribution in [2.45, 2.75) is 37.0 Å². The van der Waals surface area contributed by atoms with E-state index in [4.69, 9.17) is 9.84 Å². The highest BCUT2D eigenvalue weighted by Crippen LogP contribution is 2.31. The van der Waals surface area contributed by atoms with E-state index in [0.29, 0.717) is 5.82 Å². The third-order valence-electron chi connectivity index (χ3n) is 2.28. The number of carboxylic acids is 1. The Morgan fingerprint density at radius 1 is 1.62 bits per heavy atom. The standard InChI is InChI=1S/C7H12BO4P/c8-4-1-2-5(3-4)12-7(13-11)6(9)10/h4-5,7H,1-3,8H2,(H,9,10). The molecule has 1 fully saturated rings. The van der Waals surface area contributed by atoms with E-state index in [2.05, 4.69) is 7.85 Å². The molecule has 1 rings (SSSR count). The minimum atomic E-state index is -1.18. The summed E-state index contributed by atoms with van der Waals surface area (Å²) in [6.07, 6.45) is 2.78. The second-order valence-corrected chi connectivity index (χ2v) is 4.15. The first kappa shape index (κ1) is 10.7. The molecule has 1 aliphatic carbocycles. The minimum absolute atomic E-state index is 0.0300. The van der Waals surface area contributed by atoms with E-state index in [-0.39, 0.29) is 6.10 Å². The maximum absolute atomic E-state index is 10.5. The molecule has 4 nitrogen and oxygen atoms in total. The lowest BCUT2D eigenvalue weighted by Crippen LogP contribution is -2.23. The summed E-state index contributed by atoms with van der Waals surface area (Å²) in [5, 5.41) is 8.57. The molecule has 0 bridgehead atoms. The molecule has 0 aromatic carbocycles. The van der Waals surface area contributed by atoms with Gasteiger partial charge in [-0.2, -0.15) is 0 Å². The number of ether oxygens (including phenoxy) is 1. The van der Waals surface area contributed by atoms with E-state index in [0.717, 1.165) is 19.3 Å². The minimum Gasteiger partial charge on any atom is -0.479 e. The van der Waals surface area contributed by atoms with Crippen molar-refractivity contribution in [2.75, 3.05) is 0 Å². The van der Waals surface area contributed by atoms with Crippen molar-refractivity contribution in [3.05, 3.63) is 0 Å². The summed E-state index contributed by atoms with van der Waals surface area (Å²) in [6, 6.07) is 0. The number of aliphatic carboxylic acids is 1. The molecule has 0 heterocycles. The number of rotatable bonds is 4. The summed E-state index contributed by atoms with van der Waals surface area (Å²) in [7, 11) is 1.64. The van der Waals surface area contributed by atoms with Gasteiger partial charge in [-0.3, -0.25) is 4.57 Å². The van der Waals surface area contributed by atoms with Crippen LogP contribution in [-0.4, -0.2) is 30.9 Å². The smallest absolute Gasteiger partial charge is 0.345 e. The zero-order valence-electron chi connectivity index (χ0n) is 7.47. The van der Waals surface area contributed by atoms with Crippen LogP contribution in [0.2, 0.25) is 5.82 Å². The van der Waals surface area contributed by atoms with Gasteiger partial charge in [-0.05, 0) is 12.8 Å². The van der Waals surface area contributed by atoms with Crippen LogP contribution in [0.1, 0.15) is 19.3 Å². The van der Waals surface area contributed by atoms with Gasteiger partial charge in [-0.1, -0.05) is 12.2 Å². The number of carbonyl (C=O) groups is 1. The van der Waals surface area contributed by atoms with Gasteiger partial charge in [-0.15, -0.1) is 0 Å². The normalized spacial score (nSPS) is 30.5. The first-order valence-electron chi connectivity index (χ1n) is 4.34. The SMILES string of the molecule is BC1CCC(OC(P=O)C(=O)O)C1. The van der Waals surface area contributed by atoms with Gasteiger partial charge < -0.3 is 9.84 Å². The molecule has 72 valence electrons.